The van der Waals surface area contributed by atoms with E-state index in [0.29, 0.717) is 18.5 Å². The fourth-order valence-corrected chi connectivity index (χ4v) is 3.35. The average molecular weight is 352 g/mol. The Kier molecular flexibility index (Phi) is 5.68. The largest absolute Gasteiger partial charge is 0.346 e. The minimum absolute atomic E-state index is 0.0912. The van der Waals surface area contributed by atoms with Crippen LogP contribution in [-0.4, -0.2) is 39.0 Å². The van der Waals surface area contributed by atoms with E-state index in [2.05, 4.69) is 31.5 Å². The molecule has 0 radical (unpaired) electrons. The molecular weight excluding hydrogens is 326 g/mol. The molecule has 26 heavy (non-hydrogen) atoms. The van der Waals surface area contributed by atoms with Crippen LogP contribution in [0.4, 0.5) is 5.69 Å². The standard InChI is InChI=1S/C21H25N3O2/c1-23(2)19(16-7-4-3-5-8-16)15-22-21(26)17-10-12-18(13-11-17)24-14-6-9-20(24)25/h3-5,7-8,10-13,19H,6,9,14-15H2,1-2H3,(H,22,26)/p+1/t19-/m1/s1. The van der Waals surface area contributed by atoms with Gasteiger partial charge in [0.2, 0.25) is 5.91 Å². The molecule has 1 heterocycles. The van der Waals surface area contributed by atoms with Crippen LogP contribution in [0, 0.1) is 0 Å². The Morgan fingerprint density at radius 2 is 1.81 bits per heavy atom. The van der Waals surface area contributed by atoms with Gasteiger partial charge in [-0.1, -0.05) is 30.3 Å². The molecule has 1 atom stereocenters. The second kappa shape index (κ2) is 8.15. The second-order valence-electron chi connectivity index (χ2n) is 6.95. The van der Waals surface area contributed by atoms with Crippen molar-refractivity contribution in [2.45, 2.75) is 18.9 Å². The first-order valence-electron chi connectivity index (χ1n) is 9.10. The summed E-state index contributed by atoms with van der Waals surface area (Å²) in [6.07, 6.45) is 1.50. The van der Waals surface area contributed by atoms with Crippen molar-refractivity contribution in [3.63, 3.8) is 0 Å². The lowest BCUT2D eigenvalue weighted by Gasteiger charge is -2.22. The molecule has 2 amide bonds. The highest BCUT2D eigenvalue weighted by Crippen LogP contribution is 2.21. The molecule has 1 aliphatic heterocycles. The van der Waals surface area contributed by atoms with Crippen LogP contribution in [0.5, 0.6) is 0 Å². The highest BCUT2D eigenvalue weighted by atomic mass is 16.2. The van der Waals surface area contributed by atoms with Crippen LogP contribution in [0.1, 0.15) is 34.8 Å². The van der Waals surface area contributed by atoms with Crippen molar-refractivity contribution in [1.29, 1.82) is 0 Å². The minimum Gasteiger partial charge on any atom is -0.346 e. The molecule has 0 aliphatic carbocycles. The van der Waals surface area contributed by atoms with E-state index in [4.69, 9.17) is 0 Å². The summed E-state index contributed by atoms with van der Waals surface area (Å²) in [7, 11) is 4.18. The number of rotatable bonds is 6. The second-order valence-corrected chi connectivity index (χ2v) is 6.95. The lowest BCUT2D eigenvalue weighted by atomic mass is 10.1. The predicted octanol–water partition coefficient (Wildman–Crippen LogP) is 1.43. The molecule has 1 aliphatic rings. The maximum Gasteiger partial charge on any atom is 0.251 e. The normalized spacial score (nSPS) is 15.3. The SMILES string of the molecule is C[NH+](C)[C@H](CNC(=O)c1ccc(N2CCCC2=O)cc1)c1ccccc1. The quantitative estimate of drug-likeness (QED) is 0.826. The van der Waals surface area contributed by atoms with E-state index in [1.807, 2.05) is 30.3 Å². The number of anilines is 1. The third kappa shape index (κ3) is 4.11. The maximum absolute atomic E-state index is 12.5. The van der Waals surface area contributed by atoms with Gasteiger partial charge in [0, 0.05) is 29.8 Å². The van der Waals surface area contributed by atoms with Gasteiger partial charge in [-0.05, 0) is 30.7 Å². The molecule has 5 nitrogen and oxygen atoms in total. The van der Waals surface area contributed by atoms with Crippen molar-refractivity contribution >= 4 is 17.5 Å². The fraction of sp³-hybridized carbons (Fsp3) is 0.333. The molecule has 1 fully saturated rings. The summed E-state index contributed by atoms with van der Waals surface area (Å²) < 4.78 is 0. The molecule has 136 valence electrons. The number of nitrogens with one attached hydrogen (secondary N) is 2. The molecule has 0 spiro atoms. The van der Waals surface area contributed by atoms with Gasteiger partial charge in [0.25, 0.3) is 5.91 Å². The highest BCUT2D eigenvalue weighted by molar-refractivity contribution is 5.97. The average Bonchev–Trinajstić information content (AvgIpc) is 3.08. The van der Waals surface area contributed by atoms with Crippen LogP contribution >= 0.6 is 0 Å². The van der Waals surface area contributed by atoms with E-state index in [9.17, 15) is 9.59 Å². The molecule has 3 rings (SSSR count). The molecule has 1 saturated heterocycles. The van der Waals surface area contributed by atoms with E-state index in [-0.39, 0.29) is 17.9 Å². The predicted molar refractivity (Wildman–Crippen MR) is 102 cm³/mol. The summed E-state index contributed by atoms with van der Waals surface area (Å²) in [4.78, 5) is 27.4. The number of hydrogen-bond donors (Lipinski definition) is 2. The van der Waals surface area contributed by atoms with Crippen LogP contribution in [0.25, 0.3) is 0 Å². The first-order chi connectivity index (χ1) is 12.6. The van der Waals surface area contributed by atoms with Crippen molar-refractivity contribution < 1.29 is 14.5 Å². The van der Waals surface area contributed by atoms with Crippen molar-refractivity contribution in [2.75, 3.05) is 32.1 Å². The summed E-state index contributed by atoms with van der Waals surface area (Å²) in [5.41, 5.74) is 2.68. The van der Waals surface area contributed by atoms with E-state index in [0.717, 1.165) is 18.7 Å². The third-order valence-corrected chi connectivity index (χ3v) is 4.88. The van der Waals surface area contributed by atoms with Crippen molar-refractivity contribution in [3.8, 4) is 0 Å². The van der Waals surface area contributed by atoms with E-state index in [1.54, 1.807) is 17.0 Å². The number of carbonyl (C=O) groups is 2. The van der Waals surface area contributed by atoms with Gasteiger partial charge in [-0.2, -0.15) is 0 Å². The molecule has 2 aromatic rings. The lowest BCUT2D eigenvalue weighted by molar-refractivity contribution is -0.890. The first kappa shape index (κ1) is 18.1. The Morgan fingerprint density at radius 1 is 1.12 bits per heavy atom. The first-order valence-corrected chi connectivity index (χ1v) is 9.10. The Morgan fingerprint density at radius 3 is 2.38 bits per heavy atom. The van der Waals surface area contributed by atoms with E-state index in [1.165, 1.54) is 10.5 Å². The molecule has 0 saturated carbocycles. The van der Waals surface area contributed by atoms with E-state index >= 15 is 0 Å². The van der Waals surface area contributed by atoms with Gasteiger partial charge >= 0.3 is 0 Å². The zero-order valence-electron chi connectivity index (χ0n) is 15.4. The molecule has 0 aromatic heterocycles. The van der Waals surface area contributed by atoms with Crippen LogP contribution in [-0.2, 0) is 4.79 Å². The van der Waals surface area contributed by atoms with E-state index < -0.39 is 0 Å². The van der Waals surface area contributed by atoms with Gasteiger partial charge in [-0.15, -0.1) is 0 Å². The number of quaternary nitrogens is 1. The number of nitrogens with zero attached hydrogens (tertiary/aromatic N) is 1. The van der Waals surface area contributed by atoms with Gasteiger partial charge in [-0.25, -0.2) is 0 Å². The summed E-state index contributed by atoms with van der Waals surface area (Å²) >= 11 is 0. The summed E-state index contributed by atoms with van der Waals surface area (Å²) in [6.45, 7) is 1.33. The monoisotopic (exact) mass is 352 g/mol. The van der Waals surface area contributed by atoms with Crippen LogP contribution in [0.3, 0.4) is 0 Å². The summed E-state index contributed by atoms with van der Waals surface area (Å²) in [6, 6.07) is 17.7. The van der Waals surface area contributed by atoms with Crippen molar-refractivity contribution in [3.05, 3.63) is 65.7 Å². The molecule has 5 heteroatoms. The number of amides is 2. The molecule has 2 N–H and O–H groups in total. The van der Waals surface area contributed by atoms with Gasteiger partial charge < -0.3 is 15.1 Å². The van der Waals surface area contributed by atoms with Gasteiger partial charge in [0.1, 0.15) is 6.04 Å². The van der Waals surface area contributed by atoms with Gasteiger partial charge in [0.15, 0.2) is 0 Å². The Bertz CT molecular complexity index is 757. The lowest BCUT2D eigenvalue weighted by Crippen LogP contribution is -3.07. The zero-order chi connectivity index (χ0) is 18.5. The zero-order valence-corrected chi connectivity index (χ0v) is 15.4. The minimum atomic E-state index is -0.0912. The highest BCUT2D eigenvalue weighted by Gasteiger charge is 2.22. The molecule has 0 bridgehead atoms. The summed E-state index contributed by atoms with van der Waals surface area (Å²) in [5.74, 6) is 0.0633. The molecule has 0 unspecified atom stereocenters. The van der Waals surface area contributed by atoms with Crippen LogP contribution in [0.15, 0.2) is 54.6 Å². The Hall–Kier alpha value is -2.66. The topological polar surface area (TPSA) is 53.9 Å². The number of likely N-dealkylation sites (N-methyl/N-ethyl adjacent to an activating group) is 1. The molecule has 2 aromatic carbocycles. The number of benzene rings is 2. The van der Waals surface area contributed by atoms with Crippen LogP contribution < -0.4 is 15.1 Å². The number of hydrogen-bond acceptors (Lipinski definition) is 2. The fourth-order valence-electron chi connectivity index (χ4n) is 3.35. The molecular formula is C21H26N3O2+. The van der Waals surface area contributed by atoms with Crippen molar-refractivity contribution in [2.24, 2.45) is 0 Å². The maximum atomic E-state index is 12.5. The van der Waals surface area contributed by atoms with Gasteiger partial charge in [-0.3, -0.25) is 9.59 Å². The smallest absolute Gasteiger partial charge is 0.251 e. The number of carbonyl (C=O) groups excluding carboxylic acids is 2. The van der Waals surface area contributed by atoms with Gasteiger partial charge in [0.05, 0.1) is 20.6 Å². The Balaban J connectivity index is 1.63. The Labute approximate surface area is 154 Å². The van der Waals surface area contributed by atoms with Crippen LogP contribution in [0.2, 0.25) is 0 Å². The summed E-state index contributed by atoms with van der Waals surface area (Å²) in [5, 5.41) is 3.04. The third-order valence-electron chi connectivity index (χ3n) is 4.88. The van der Waals surface area contributed by atoms with Crippen molar-refractivity contribution in [1.82, 2.24) is 5.32 Å².